The molecule has 0 amide bonds. The zero-order valence-electron chi connectivity index (χ0n) is 10.0. The van der Waals surface area contributed by atoms with Crippen LogP contribution in [0.3, 0.4) is 0 Å². The molecule has 0 saturated heterocycles. The Kier molecular flexibility index (Phi) is 3.90. The van der Waals surface area contributed by atoms with E-state index in [1.165, 1.54) is 24.8 Å². The van der Waals surface area contributed by atoms with Crippen LogP contribution < -0.4 is 4.90 Å². The molecule has 1 heterocycles. The minimum absolute atomic E-state index is 0.160. The first-order valence-electron chi connectivity index (χ1n) is 4.95. The zero-order valence-corrected chi connectivity index (χ0v) is 11.6. The Balaban J connectivity index is 3.19. The Bertz CT molecular complexity index is 504. The number of hydrogen-bond donors (Lipinski definition) is 1. The van der Waals surface area contributed by atoms with Crippen molar-refractivity contribution in [2.75, 3.05) is 11.9 Å². The van der Waals surface area contributed by atoms with Gasteiger partial charge in [-0.05, 0) is 29.8 Å². The first-order chi connectivity index (χ1) is 8.17. The fourth-order valence-electron chi connectivity index (χ4n) is 1.18. The average Bonchev–Trinajstić information content (AvgIpc) is 2.27. The van der Waals surface area contributed by atoms with E-state index in [0.29, 0.717) is 10.3 Å². The summed E-state index contributed by atoms with van der Waals surface area (Å²) in [4.78, 5) is 26.5. The first kappa shape index (κ1) is 14.4. The number of carboxylic acids is 1. The fraction of sp³-hybridized carbons (Fsp3) is 0.400. The van der Waals surface area contributed by atoms with E-state index in [9.17, 15) is 14.9 Å². The van der Waals surface area contributed by atoms with E-state index in [1.807, 2.05) is 0 Å². The van der Waals surface area contributed by atoms with Gasteiger partial charge >= 0.3 is 5.97 Å². The number of nitrogens with zero attached hydrogens (tertiary/aromatic N) is 3. The Hall–Kier alpha value is -1.70. The highest BCUT2D eigenvalue weighted by atomic mass is 79.9. The number of likely N-dealkylation sites (N-methyl/N-ethyl adjacent to an activating group) is 1. The summed E-state index contributed by atoms with van der Waals surface area (Å²) in [6.07, 6.45) is 1.09. The normalized spacial score (nSPS) is 11.1. The molecule has 0 unspecified atom stereocenters. The second kappa shape index (κ2) is 4.89. The van der Waals surface area contributed by atoms with Gasteiger partial charge in [0.25, 0.3) is 5.69 Å². The van der Waals surface area contributed by atoms with Crippen LogP contribution in [0.1, 0.15) is 13.8 Å². The van der Waals surface area contributed by atoms with Crippen LogP contribution in [0.5, 0.6) is 0 Å². The summed E-state index contributed by atoms with van der Waals surface area (Å²) in [7, 11) is 1.56. The first-order valence-corrected chi connectivity index (χ1v) is 5.74. The summed E-state index contributed by atoms with van der Waals surface area (Å²) in [5.41, 5.74) is -1.33. The highest BCUT2D eigenvalue weighted by Gasteiger charge is 2.34. The Morgan fingerprint density at radius 2 is 2.17 bits per heavy atom. The molecule has 0 fully saturated rings. The molecule has 1 rings (SSSR count). The third-order valence-corrected chi connectivity index (χ3v) is 3.28. The van der Waals surface area contributed by atoms with Gasteiger partial charge in [0, 0.05) is 13.1 Å². The fourth-order valence-corrected chi connectivity index (χ4v) is 1.78. The molecule has 8 heteroatoms. The molecular weight excluding hydrogens is 306 g/mol. The second-order valence-corrected chi connectivity index (χ2v) is 5.03. The molecule has 1 aromatic rings. The van der Waals surface area contributed by atoms with Crippen molar-refractivity contribution in [3.8, 4) is 0 Å². The minimum Gasteiger partial charge on any atom is -0.480 e. The number of carboxylic acid groups (broad SMARTS) is 1. The van der Waals surface area contributed by atoms with Gasteiger partial charge in [0.2, 0.25) is 0 Å². The van der Waals surface area contributed by atoms with Gasteiger partial charge in [-0.25, -0.2) is 9.78 Å². The minimum atomic E-state index is -1.17. The van der Waals surface area contributed by atoms with E-state index in [4.69, 9.17) is 5.11 Å². The summed E-state index contributed by atoms with van der Waals surface area (Å²) in [5.74, 6) is -0.690. The van der Waals surface area contributed by atoms with E-state index in [-0.39, 0.29) is 5.69 Å². The molecule has 1 aromatic heterocycles. The third-order valence-electron chi connectivity index (χ3n) is 2.70. The topological polar surface area (TPSA) is 96.6 Å². The number of aromatic nitrogens is 1. The molecule has 0 saturated carbocycles. The van der Waals surface area contributed by atoms with Gasteiger partial charge in [-0.2, -0.15) is 0 Å². The lowest BCUT2D eigenvalue weighted by Crippen LogP contribution is -2.48. The Morgan fingerprint density at radius 1 is 1.61 bits per heavy atom. The predicted molar refractivity (Wildman–Crippen MR) is 68.7 cm³/mol. The average molecular weight is 318 g/mol. The van der Waals surface area contributed by atoms with E-state index in [2.05, 4.69) is 20.9 Å². The smallest absolute Gasteiger partial charge is 0.328 e. The second-order valence-electron chi connectivity index (χ2n) is 4.18. The molecule has 0 spiro atoms. The van der Waals surface area contributed by atoms with Gasteiger partial charge in [-0.1, -0.05) is 0 Å². The van der Waals surface area contributed by atoms with Crippen molar-refractivity contribution in [3.63, 3.8) is 0 Å². The quantitative estimate of drug-likeness (QED) is 0.674. The standard InChI is InChI=1S/C10H12BrN3O4/c1-10(2,9(15)16)13(3)8-7(11)4-6(5-12-8)14(17)18/h4-5H,1-3H3,(H,15,16). The highest BCUT2D eigenvalue weighted by molar-refractivity contribution is 9.10. The van der Waals surface area contributed by atoms with Crippen LogP contribution in [0.4, 0.5) is 11.5 Å². The number of aliphatic carboxylic acids is 1. The SMILES string of the molecule is CN(c1ncc([N+](=O)[O-])cc1Br)C(C)(C)C(=O)O. The van der Waals surface area contributed by atoms with Gasteiger partial charge in [-0.3, -0.25) is 10.1 Å². The van der Waals surface area contributed by atoms with Crippen molar-refractivity contribution in [2.45, 2.75) is 19.4 Å². The molecule has 0 aliphatic rings. The molecule has 1 N–H and O–H groups in total. The lowest BCUT2D eigenvalue weighted by atomic mass is 10.0. The number of hydrogen-bond acceptors (Lipinski definition) is 5. The van der Waals surface area contributed by atoms with Crippen LogP contribution in [0.2, 0.25) is 0 Å². The zero-order chi connectivity index (χ0) is 14.1. The molecule has 0 radical (unpaired) electrons. The van der Waals surface area contributed by atoms with E-state index >= 15 is 0 Å². The summed E-state index contributed by atoms with van der Waals surface area (Å²) in [6, 6.07) is 1.29. The van der Waals surface area contributed by atoms with Crippen LogP contribution in [0.15, 0.2) is 16.7 Å². The van der Waals surface area contributed by atoms with E-state index < -0.39 is 16.4 Å². The number of anilines is 1. The lowest BCUT2D eigenvalue weighted by Gasteiger charge is -2.32. The van der Waals surface area contributed by atoms with Crippen molar-refractivity contribution >= 4 is 33.4 Å². The monoisotopic (exact) mass is 317 g/mol. The van der Waals surface area contributed by atoms with Gasteiger partial charge in [-0.15, -0.1) is 0 Å². The van der Waals surface area contributed by atoms with E-state index in [0.717, 1.165) is 6.20 Å². The van der Waals surface area contributed by atoms with Gasteiger partial charge in [0.05, 0.1) is 9.40 Å². The molecule has 18 heavy (non-hydrogen) atoms. The van der Waals surface area contributed by atoms with Crippen molar-refractivity contribution in [1.82, 2.24) is 4.98 Å². The lowest BCUT2D eigenvalue weighted by molar-refractivity contribution is -0.385. The van der Waals surface area contributed by atoms with Crippen molar-refractivity contribution in [1.29, 1.82) is 0 Å². The van der Waals surface area contributed by atoms with E-state index in [1.54, 1.807) is 7.05 Å². The molecule has 7 nitrogen and oxygen atoms in total. The van der Waals surface area contributed by atoms with Crippen LogP contribution in [-0.2, 0) is 4.79 Å². The molecule has 0 aliphatic heterocycles. The van der Waals surface area contributed by atoms with Crippen molar-refractivity contribution < 1.29 is 14.8 Å². The van der Waals surface area contributed by atoms with Crippen LogP contribution in [-0.4, -0.2) is 33.6 Å². The molecule has 0 aromatic carbocycles. The molecular formula is C10H12BrN3O4. The van der Waals surface area contributed by atoms with Gasteiger partial charge < -0.3 is 10.0 Å². The summed E-state index contributed by atoms with van der Waals surface area (Å²) in [5, 5.41) is 19.7. The molecule has 0 bridgehead atoms. The summed E-state index contributed by atoms with van der Waals surface area (Å²) < 4.78 is 0.369. The largest absolute Gasteiger partial charge is 0.480 e. The molecule has 0 aliphatic carbocycles. The van der Waals surface area contributed by atoms with Crippen LogP contribution in [0, 0.1) is 10.1 Å². The molecule has 98 valence electrons. The predicted octanol–water partition coefficient (Wildman–Crippen LogP) is 2.05. The highest BCUT2D eigenvalue weighted by Crippen LogP contribution is 2.30. The Labute approximate surface area is 112 Å². The maximum absolute atomic E-state index is 11.1. The Morgan fingerprint density at radius 3 is 2.56 bits per heavy atom. The number of nitro groups is 1. The van der Waals surface area contributed by atoms with Crippen LogP contribution >= 0.6 is 15.9 Å². The van der Waals surface area contributed by atoms with Crippen LogP contribution in [0.25, 0.3) is 0 Å². The van der Waals surface area contributed by atoms with Gasteiger partial charge in [0.1, 0.15) is 17.6 Å². The van der Waals surface area contributed by atoms with Crippen molar-refractivity contribution in [3.05, 3.63) is 26.9 Å². The maximum atomic E-state index is 11.1. The summed E-state index contributed by atoms with van der Waals surface area (Å²) in [6.45, 7) is 3.04. The summed E-state index contributed by atoms with van der Waals surface area (Å²) >= 11 is 3.16. The number of halogens is 1. The maximum Gasteiger partial charge on any atom is 0.328 e. The van der Waals surface area contributed by atoms with Gasteiger partial charge in [0.15, 0.2) is 0 Å². The third kappa shape index (κ3) is 2.58. The number of pyridine rings is 1. The number of rotatable bonds is 4. The number of carbonyl (C=O) groups is 1. The van der Waals surface area contributed by atoms with Crippen molar-refractivity contribution in [2.24, 2.45) is 0 Å². The molecule has 0 atom stereocenters.